The summed E-state index contributed by atoms with van der Waals surface area (Å²) in [6, 6.07) is 0. The molecule has 0 bridgehead atoms. The molecule has 0 spiro atoms. The minimum absolute atomic E-state index is 0.551. The van der Waals surface area contributed by atoms with E-state index in [0.717, 1.165) is 5.70 Å². The lowest BCUT2D eigenvalue weighted by Crippen LogP contribution is -2.16. The van der Waals surface area contributed by atoms with Crippen LogP contribution in [0.3, 0.4) is 0 Å². The maximum Gasteiger partial charge on any atom is 0.158 e. The van der Waals surface area contributed by atoms with E-state index in [-0.39, 0.29) is 0 Å². The summed E-state index contributed by atoms with van der Waals surface area (Å²) in [5.41, 5.74) is 0.909. The van der Waals surface area contributed by atoms with Crippen LogP contribution in [-0.4, -0.2) is 6.73 Å². The van der Waals surface area contributed by atoms with Crippen molar-refractivity contribution in [2.24, 2.45) is 0 Å². The normalized spacial score (nSPS) is 18.0. The van der Waals surface area contributed by atoms with Crippen LogP contribution < -0.4 is 5.32 Å². The molecule has 0 saturated carbocycles. The molecule has 0 amide bonds. The molecule has 1 rings (SSSR count). The van der Waals surface area contributed by atoms with E-state index in [2.05, 4.69) is 11.9 Å². The van der Waals surface area contributed by atoms with Crippen molar-refractivity contribution in [1.29, 1.82) is 0 Å². The van der Waals surface area contributed by atoms with Gasteiger partial charge in [0.05, 0.1) is 6.26 Å². The summed E-state index contributed by atoms with van der Waals surface area (Å²) in [7, 11) is 0. The van der Waals surface area contributed by atoms with E-state index in [0.29, 0.717) is 6.73 Å². The average Bonchev–Trinajstić information content (AvgIpc) is 1.69. The summed E-state index contributed by atoms with van der Waals surface area (Å²) in [5, 5.41) is 2.88. The van der Waals surface area contributed by atoms with Gasteiger partial charge in [-0.2, -0.15) is 0 Å². The first-order valence-corrected chi connectivity index (χ1v) is 2.10. The first kappa shape index (κ1) is 4.24. The van der Waals surface area contributed by atoms with Gasteiger partial charge in [0.25, 0.3) is 0 Å². The highest BCUT2D eigenvalue weighted by Crippen LogP contribution is 1.92. The third-order valence-corrected chi connectivity index (χ3v) is 0.748. The molecular weight excluding hydrogens is 90.1 g/mol. The van der Waals surface area contributed by atoms with Gasteiger partial charge in [-0.05, 0) is 6.08 Å². The highest BCUT2D eigenvalue weighted by Gasteiger charge is 1.89. The Morgan fingerprint density at radius 3 is 3.00 bits per heavy atom. The summed E-state index contributed by atoms with van der Waals surface area (Å²) in [4.78, 5) is 0. The summed E-state index contributed by atoms with van der Waals surface area (Å²) in [6.45, 7) is 4.19. The Labute approximate surface area is 42.5 Å². The van der Waals surface area contributed by atoms with Crippen LogP contribution in [-0.2, 0) is 4.74 Å². The fourth-order valence-electron chi connectivity index (χ4n) is 0.372. The van der Waals surface area contributed by atoms with Crippen LogP contribution in [0.1, 0.15) is 0 Å². The van der Waals surface area contributed by atoms with Crippen LogP contribution in [0.2, 0.25) is 0 Å². The lowest BCUT2D eigenvalue weighted by molar-refractivity contribution is 0.223. The Morgan fingerprint density at radius 1 is 1.86 bits per heavy atom. The summed E-state index contributed by atoms with van der Waals surface area (Å²) in [6.07, 6.45) is 3.41. The summed E-state index contributed by atoms with van der Waals surface area (Å²) in [5.74, 6) is 0. The van der Waals surface area contributed by atoms with E-state index in [1.54, 1.807) is 12.3 Å². The molecule has 0 aliphatic carbocycles. The Morgan fingerprint density at radius 2 is 2.71 bits per heavy atom. The molecule has 0 saturated heterocycles. The van der Waals surface area contributed by atoms with E-state index in [4.69, 9.17) is 4.74 Å². The monoisotopic (exact) mass is 97.1 g/mol. The lowest BCUT2D eigenvalue weighted by Gasteiger charge is -2.09. The molecule has 1 heterocycles. The SMILES string of the molecule is C=C1C=COCN1. The molecule has 0 aromatic carbocycles. The first-order chi connectivity index (χ1) is 3.39. The first-order valence-electron chi connectivity index (χ1n) is 2.10. The largest absolute Gasteiger partial charge is 0.481 e. The predicted molar refractivity (Wildman–Crippen MR) is 27.4 cm³/mol. The van der Waals surface area contributed by atoms with Crippen LogP contribution in [0, 0.1) is 0 Å². The number of rotatable bonds is 0. The fraction of sp³-hybridized carbons (Fsp3) is 0.200. The van der Waals surface area contributed by atoms with Crippen molar-refractivity contribution in [3.63, 3.8) is 0 Å². The molecule has 0 fully saturated rings. The van der Waals surface area contributed by atoms with Gasteiger partial charge in [0.2, 0.25) is 0 Å². The third kappa shape index (κ3) is 0.961. The van der Waals surface area contributed by atoms with Crippen LogP contribution in [0.5, 0.6) is 0 Å². The zero-order valence-electron chi connectivity index (χ0n) is 3.98. The predicted octanol–water partition coefficient (Wildman–Crippen LogP) is 0.591. The molecule has 0 atom stereocenters. The van der Waals surface area contributed by atoms with Crippen LogP contribution in [0.15, 0.2) is 24.6 Å². The zero-order valence-corrected chi connectivity index (χ0v) is 3.98. The van der Waals surface area contributed by atoms with Gasteiger partial charge < -0.3 is 10.1 Å². The molecule has 0 radical (unpaired) electrons. The molecule has 1 aliphatic heterocycles. The quantitative estimate of drug-likeness (QED) is 0.477. The Bertz CT molecular complexity index is 107. The molecule has 0 unspecified atom stereocenters. The van der Waals surface area contributed by atoms with Gasteiger partial charge in [-0.1, -0.05) is 6.58 Å². The highest BCUT2D eigenvalue weighted by atomic mass is 16.5. The van der Waals surface area contributed by atoms with Crippen molar-refractivity contribution in [3.8, 4) is 0 Å². The van der Waals surface area contributed by atoms with E-state index in [1.165, 1.54) is 0 Å². The number of allylic oxidation sites excluding steroid dienone is 1. The highest BCUT2D eigenvalue weighted by molar-refractivity contribution is 5.11. The lowest BCUT2D eigenvalue weighted by atomic mass is 10.5. The smallest absolute Gasteiger partial charge is 0.158 e. The Balaban J connectivity index is 2.51. The van der Waals surface area contributed by atoms with Gasteiger partial charge in [0, 0.05) is 5.70 Å². The van der Waals surface area contributed by atoms with E-state index in [9.17, 15) is 0 Å². The van der Waals surface area contributed by atoms with Gasteiger partial charge in [-0.3, -0.25) is 0 Å². The van der Waals surface area contributed by atoms with Gasteiger partial charge in [0.1, 0.15) is 0 Å². The Kier molecular flexibility index (Phi) is 1.02. The van der Waals surface area contributed by atoms with E-state index >= 15 is 0 Å². The molecule has 1 N–H and O–H groups in total. The van der Waals surface area contributed by atoms with Crippen molar-refractivity contribution in [3.05, 3.63) is 24.6 Å². The Hall–Kier alpha value is -0.920. The van der Waals surface area contributed by atoms with Crippen molar-refractivity contribution in [1.82, 2.24) is 5.32 Å². The topological polar surface area (TPSA) is 21.3 Å². The van der Waals surface area contributed by atoms with E-state index in [1.807, 2.05) is 0 Å². The maximum absolute atomic E-state index is 4.79. The zero-order chi connectivity index (χ0) is 5.11. The second kappa shape index (κ2) is 1.69. The minimum atomic E-state index is 0.551. The molecule has 0 aromatic heterocycles. The number of nitrogens with one attached hydrogen (secondary N) is 1. The molecule has 2 nitrogen and oxygen atoms in total. The standard InChI is InChI=1S/C5H7NO/c1-5-2-3-7-4-6-5/h2-3,6H,1,4H2. The minimum Gasteiger partial charge on any atom is -0.481 e. The average molecular weight is 97.1 g/mol. The summed E-state index contributed by atoms with van der Waals surface area (Å²) >= 11 is 0. The second-order valence-corrected chi connectivity index (χ2v) is 1.32. The second-order valence-electron chi connectivity index (χ2n) is 1.32. The molecule has 2 heteroatoms. The number of hydrogen-bond donors (Lipinski definition) is 1. The van der Waals surface area contributed by atoms with E-state index < -0.39 is 0 Å². The van der Waals surface area contributed by atoms with Crippen LogP contribution in [0.25, 0.3) is 0 Å². The van der Waals surface area contributed by atoms with Crippen molar-refractivity contribution in [2.75, 3.05) is 6.73 Å². The van der Waals surface area contributed by atoms with Gasteiger partial charge in [-0.25, -0.2) is 0 Å². The molecule has 1 aliphatic rings. The third-order valence-electron chi connectivity index (χ3n) is 0.748. The van der Waals surface area contributed by atoms with Crippen molar-refractivity contribution in [2.45, 2.75) is 0 Å². The molecule has 0 aromatic rings. The van der Waals surface area contributed by atoms with Crippen molar-refractivity contribution >= 4 is 0 Å². The van der Waals surface area contributed by atoms with Crippen molar-refractivity contribution < 1.29 is 4.74 Å². The molecule has 38 valence electrons. The number of hydrogen-bond acceptors (Lipinski definition) is 2. The van der Waals surface area contributed by atoms with Crippen LogP contribution >= 0.6 is 0 Å². The van der Waals surface area contributed by atoms with Gasteiger partial charge >= 0.3 is 0 Å². The van der Waals surface area contributed by atoms with Gasteiger partial charge in [-0.15, -0.1) is 0 Å². The number of ether oxygens (including phenoxy) is 1. The summed E-state index contributed by atoms with van der Waals surface area (Å²) < 4.78 is 4.79. The van der Waals surface area contributed by atoms with Crippen LogP contribution in [0.4, 0.5) is 0 Å². The fourth-order valence-corrected chi connectivity index (χ4v) is 0.372. The molecule has 7 heavy (non-hydrogen) atoms. The molecular formula is C5H7NO. The maximum atomic E-state index is 4.79. The van der Waals surface area contributed by atoms with Gasteiger partial charge in [0.15, 0.2) is 6.73 Å².